The van der Waals surface area contributed by atoms with Gasteiger partial charge in [-0.1, -0.05) is 0 Å². The maximum Gasteiger partial charge on any atom is 0.239 e. The molecule has 0 radical (unpaired) electrons. The van der Waals surface area contributed by atoms with Crippen LogP contribution in [0.1, 0.15) is 12.8 Å². The largest absolute Gasteiger partial charge is 0.368 e. The topological polar surface area (TPSA) is 75.4 Å². The number of primary amides is 1. The number of hydrogen-bond donors (Lipinski definition) is 2. The van der Waals surface area contributed by atoms with E-state index < -0.39 is 5.91 Å². The van der Waals surface area contributed by atoms with Gasteiger partial charge < -0.3 is 16.0 Å². The molecule has 1 saturated heterocycles. The van der Waals surface area contributed by atoms with Gasteiger partial charge in [0.25, 0.3) is 0 Å². The van der Waals surface area contributed by atoms with Gasteiger partial charge in [-0.2, -0.15) is 0 Å². The second kappa shape index (κ2) is 4.23. The van der Waals surface area contributed by atoms with Gasteiger partial charge in [0.1, 0.15) is 0 Å². The Kier molecular flexibility index (Phi) is 3.25. The monoisotopic (exact) mass is 185 g/mol. The minimum absolute atomic E-state index is 0.00296. The van der Waals surface area contributed by atoms with E-state index in [0.29, 0.717) is 0 Å². The average Bonchev–Trinajstić information content (AvgIpc) is 2.53. The summed E-state index contributed by atoms with van der Waals surface area (Å²) in [5.74, 6) is -0.523. The molecule has 1 atom stereocenters. The highest BCUT2D eigenvalue weighted by atomic mass is 16.2. The van der Waals surface area contributed by atoms with Crippen molar-refractivity contribution in [3.05, 3.63) is 0 Å². The predicted octanol–water partition coefficient (Wildman–Crippen LogP) is -1.32. The first-order valence-corrected chi connectivity index (χ1v) is 4.38. The molecule has 5 heteroatoms. The summed E-state index contributed by atoms with van der Waals surface area (Å²) < 4.78 is 0. The number of carbonyl (C=O) groups excluding carboxylic acids is 2. The summed E-state index contributed by atoms with van der Waals surface area (Å²) in [4.78, 5) is 23.4. The highest BCUT2D eigenvalue weighted by molar-refractivity contribution is 5.86. The molecule has 1 aliphatic rings. The lowest BCUT2D eigenvalue weighted by Crippen LogP contribution is -2.44. The highest BCUT2D eigenvalue weighted by Crippen LogP contribution is 2.07. The van der Waals surface area contributed by atoms with E-state index >= 15 is 0 Å². The molecule has 3 N–H and O–H groups in total. The van der Waals surface area contributed by atoms with Crippen molar-refractivity contribution in [1.82, 2.24) is 10.2 Å². The number of carbonyl (C=O) groups is 2. The molecular formula is C8H15N3O2. The minimum atomic E-state index is -0.478. The third-order valence-corrected chi connectivity index (χ3v) is 2.13. The molecular weight excluding hydrogens is 170 g/mol. The zero-order valence-corrected chi connectivity index (χ0v) is 7.75. The van der Waals surface area contributed by atoms with E-state index in [1.807, 2.05) is 0 Å². The van der Waals surface area contributed by atoms with Crippen LogP contribution in [0.15, 0.2) is 0 Å². The first kappa shape index (κ1) is 9.98. The quantitative estimate of drug-likeness (QED) is 0.572. The lowest BCUT2D eigenvalue weighted by atomic mass is 10.2. The molecule has 74 valence electrons. The van der Waals surface area contributed by atoms with Crippen LogP contribution < -0.4 is 11.1 Å². The van der Waals surface area contributed by atoms with Crippen molar-refractivity contribution in [1.29, 1.82) is 0 Å². The molecule has 0 aromatic carbocycles. The van der Waals surface area contributed by atoms with Crippen molar-refractivity contribution < 1.29 is 9.59 Å². The van der Waals surface area contributed by atoms with E-state index in [4.69, 9.17) is 5.73 Å². The smallest absolute Gasteiger partial charge is 0.239 e. The second-order valence-electron chi connectivity index (χ2n) is 3.31. The summed E-state index contributed by atoms with van der Waals surface area (Å²) >= 11 is 0. The van der Waals surface area contributed by atoms with Crippen molar-refractivity contribution in [2.24, 2.45) is 5.73 Å². The van der Waals surface area contributed by atoms with Gasteiger partial charge in [0, 0.05) is 7.05 Å². The molecule has 1 fully saturated rings. The average molecular weight is 185 g/mol. The molecule has 2 amide bonds. The summed E-state index contributed by atoms with van der Waals surface area (Å²) in [6, 6.07) is -0.121. The standard InChI is InChI=1S/C8H15N3O2/c1-11(5-7(9)12)8(13)6-3-2-4-10-6/h6,10H,2-5H2,1H3,(H2,9,12)/t6-/m1/s1. The molecule has 0 aliphatic carbocycles. The van der Waals surface area contributed by atoms with Crippen LogP contribution in [0.3, 0.4) is 0 Å². The third kappa shape index (κ3) is 2.69. The summed E-state index contributed by atoms with van der Waals surface area (Å²) in [5, 5.41) is 3.07. The number of rotatable bonds is 3. The summed E-state index contributed by atoms with van der Waals surface area (Å²) in [7, 11) is 1.59. The number of amides is 2. The van der Waals surface area contributed by atoms with Crippen molar-refractivity contribution >= 4 is 11.8 Å². The first-order valence-electron chi connectivity index (χ1n) is 4.38. The Morgan fingerprint density at radius 1 is 1.62 bits per heavy atom. The molecule has 0 aromatic rings. The molecule has 0 spiro atoms. The van der Waals surface area contributed by atoms with Crippen LogP contribution >= 0.6 is 0 Å². The van der Waals surface area contributed by atoms with Crippen LogP contribution in [0.5, 0.6) is 0 Å². The fraction of sp³-hybridized carbons (Fsp3) is 0.750. The number of nitrogens with two attached hydrogens (primary N) is 1. The van der Waals surface area contributed by atoms with Gasteiger partial charge in [-0.25, -0.2) is 0 Å². The maximum atomic E-state index is 11.5. The van der Waals surface area contributed by atoms with Crippen LogP contribution in [0.4, 0.5) is 0 Å². The molecule has 1 heterocycles. The number of hydrogen-bond acceptors (Lipinski definition) is 3. The van der Waals surface area contributed by atoms with E-state index in [1.165, 1.54) is 4.90 Å². The fourth-order valence-electron chi connectivity index (χ4n) is 1.47. The van der Waals surface area contributed by atoms with Gasteiger partial charge in [-0.05, 0) is 19.4 Å². The van der Waals surface area contributed by atoms with E-state index in [2.05, 4.69) is 5.32 Å². The maximum absolute atomic E-state index is 11.5. The number of likely N-dealkylation sites (N-methyl/N-ethyl adjacent to an activating group) is 1. The van der Waals surface area contributed by atoms with Crippen molar-refractivity contribution in [2.75, 3.05) is 20.1 Å². The second-order valence-corrected chi connectivity index (χ2v) is 3.31. The van der Waals surface area contributed by atoms with Crippen LogP contribution in [0.2, 0.25) is 0 Å². The number of nitrogens with one attached hydrogen (secondary N) is 1. The van der Waals surface area contributed by atoms with Gasteiger partial charge in [-0.3, -0.25) is 9.59 Å². The molecule has 0 aromatic heterocycles. The normalized spacial score (nSPS) is 21.5. The lowest BCUT2D eigenvalue weighted by molar-refractivity contribution is -0.135. The van der Waals surface area contributed by atoms with Gasteiger partial charge in [0.05, 0.1) is 12.6 Å². The molecule has 0 saturated carbocycles. The van der Waals surface area contributed by atoms with E-state index in [-0.39, 0.29) is 18.5 Å². The van der Waals surface area contributed by atoms with Gasteiger partial charge in [0.2, 0.25) is 11.8 Å². The Morgan fingerprint density at radius 3 is 2.77 bits per heavy atom. The highest BCUT2D eigenvalue weighted by Gasteiger charge is 2.25. The molecule has 0 bridgehead atoms. The minimum Gasteiger partial charge on any atom is -0.368 e. The Bertz CT molecular complexity index is 211. The Labute approximate surface area is 77.3 Å². The van der Waals surface area contributed by atoms with Crippen molar-refractivity contribution in [3.63, 3.8) is 0 Å². The van der Waals surface area contributed by atoms with Gasteiger partial charge in [-0.15, -0.1) is 0 Å². The van der Waals surface area contributed by atoms with E-state index in [9.17, 15) is 9.59 Å². The van der Waals surface area contributed by atoms with Crippen molar-refractivity contribution in [2.45, 2.75) is 18.9 Å². The molecule has 0 unspecified atom stereocenters. The molecule has 1 rings (SSSR count). The Morgan fingerprint density at radius 2 is 2.31 bits per heavy atom. The molecule has 1 aliphatic heterocycles. The summed E-state index contributed by atoms with van der Waals surface area (Å²) in [6.07, 6.45) is 1.86. The van der Waals surface area contributed by atoms with E-state index in [0.717, 1.165) is 19.4 Å². The first-order chi connectivity index (χ1) is 6.11. The fourth-order valence-corrected chi connectivity index (χ4v) is 1.47. The van der Waals surface area contributed by atoms with Gasteiger partial charge in [0.15, 0.2) is 0 Å². The Hall–Kier alpha value is -1.10. The van der Waals surface area contributed by atoms with Crippen LogP contribution in [-0.2, 0) is 9.59 Å². The van der Waals surface area contributed by atoms with Crippen LogP contribution in [0, 0.1) is 0 Å². The van der Waals surface area contributed by atoms with Crippen LogP contribution in [-0.4, -0.2) is 42.9 Å². The lowest BCUT2D eigenvalue weighted by Gasteiger charge is -2.19. The number of nitrogens with zero attached hydrogens (tertiary/aromatic N) is 1. The SMILES string of the molecule is CN(CC(N)=O)C(=O)[C@H]1CCCN1. The predicted molar refractivity (Wildman–Crippen MR) is 47.9 cm³/mol. The summed E-state index contributed by atoms with van der Waals surface area (Å²) in [6.45, 7) is 0.873. The summed E-state index contributed by atoms with van der Waals surface area (Å²) in [5.41, 5.74) is 4.98. The zero-order chi connectivity index (χ0) is 9.84. The van der Waals surface area contributed by atoms with Crippen molar-refractivity contribution in [3.8, 4) is 0 Å². The van der Waals surface area contributed by atoms with Gasteiger partial charge >= 0.3 is 0 Å². The molecule has 5 nitrogen and oxygen atoms in total. The van der Waals surface area contributed by atoms with E-state index in [1.54, 1.807) is 7.05 Å². The third-order valence-electron chi connectivity index (χ3n) is 2.13. The Balaban J connectivity index is 2.41. The van der Waals surface area contributed by atoms with Crippen LogP contribution in [0.25, 0.3) is 0 Å². The molecule has 13 heavy (non-hydrogen) atoms. The zero-order valence-electron chi connectivity index (χ0n) is 7.75.